The summed E-state index contributed by atoms with van der Waals surface area (Å²) in [7, 11) is 0. The fraction of sp³-hybridized carbons (Fsp3) is 0.480. The Labute approximate surface area is 211 Å². The van der Waals surface area contributed by atoms with Gasteiger partial charge in [-0.15, -0.1) is 0 Å². The van der Waals surface area contributed by atoms with Gasteiger partial charge in [-0.3, -0.25) is 14.4 Å². The van der Waals surface area contributed by atoms with Crippen molar-refractivity contribution in [3.8, 4) is 0 Å². The number of amides is 4. The molecule has 0 aliphatic heterocycles. The Hall–Kier alpha value is -3.89. The molecule has 0 heterocycles. The smallest absolute Gasteiger partial charge is 0.408 e. The van der Waals surface area contributed by atoms with Crippen LogP contribution in [0.3, 0.4) is 0 Å². The first kappa shape index (κ1) is 30.1. The lowest BCUT2D eigenvalue weighted by Crippen LogP contribution is -2.50. The number of nitrogens with one attached hydrogen (secondary N) is 3. The maximum absolute atomic E-state index is 12.7. The Morgan fingerprint density at radius 1 is 1.03 bits per heavy atom. The molecule has 0 spiro atoms. The highest BCUT2D eigenvalue weighted by molar-refractivity contribution is 5.89. The number of rotatable bonds is 15. The van der Waals surface area contributed by atoms with Crippen molar-refractivity contribution in [2.45, 2.75) is 58.7 Å². The third kappa shape index (κ3) is 13.7. The number of ether oxygens (including phenoxy) is 2. The average molecular weight is 505 g/mol. The van der Waals surface area contributed by atoms with Crippen molar-refractivity contribution < 1.29 is 33.4 Å². The number of esters is 1. The monoisotopic (exact) mass is 504 g/mol. The highest BCUT2D eigenvalue weighted by Crippen LogP contribution is 2.07. The predicted octanol–water partition coefficient (Wildman–Crippen LogP) is 1.31. The molecule has 0 saturated heterocycles. The van der Waals surface area contributed by atoms with E-state index in [0.717, 1.165) is 11.6 Å². The van der Waals surface area contributed by atoms with Crippen LogP contribution in [-0.2, 0) is 35.3 Å². The summed E-state index contributed by atoms with van der Waals surface area (Å²) in [6.07, 6.45) is 2.27. The normalized spacial score (nSPS) is 12.4. The first-order valence-corrected chi connectivity index (χ1v) is 11.8. The first-order valence-electron chi connectivity index (χ1n) is 11.8. The molecule has 4 amide bonds. The molecule has 0 bridgehead atoms. The van der Waals surface area contributed by atoms with Gasteiger partial charge in [0.1, 0.15) is 12.6 Å². The quantitative estimate of drug-likeness (QED) is 0.206. The zero-order chi connectivity index (χ0) is 26.9. The third-order valence-corrected chi connectivity index (χ3v) is 4.75. The molecule has 2 atom stereocenters. The number of carbonyl (C=O) groups excluding carboxylic acids is 5. The predicted molar refractivity (Wildman–Crippen MR) is 132 cm³/mol. The molecule has 1 rings (SSSR count). The molecule has 36 heavy (non-hydrogen) atoms. The summed E-state index contributed by atoms with van der Waals surface area (Å²) in [5.74, 6) is -2.18. The second kappa shape index (κ2) is 16.7. The molecule has 0 unspecified atom stereocenters. The van der Waals surface area contributed by atoms with Gasteiger partial charge in [0.25, 0.3) is 0 Å². The van der Waals surface area contributed by atoms with E-state index in [0.29, 0.717) is 6.42 Å². The number of carbonyl (C=O) groups is 5. The first-order chi connectivity index (χ1) is 17.1. The summed E-state index contributed by atoms with van der Waals surface area (Å²) >= 11 is 0. The molecule has 0 fully saturated rings. The van der Waals surface area contributed by atoms with E-state index >= 15 is 0 Å². The van der Waals surface area contributed by atoms with Crippen molar-refractivity contribution in [2.75, 3.05) is 13.2 Å². The number of primary amides is 1. The largest absolute Gasteiger partial charge is 0.463 e. The Morgan fingerprint density at radius 2 is 1.72 bits per heavy atom. The molecule has 0 aliphatic rings. The van der Waals surface area contributed by atoms with Crippen LogP contribution < -0.4 is 21.7 Å². The minimum absolute atomic E-state index is 0.0179. The molecule has 198 valence electrons. The number of hydrogen-bond donors (Lipinski definition) is 4. The molecule has 1 aromatic rings. The zero-order valence-electron chi connectivity index (χ0n) is 21.0. The summed E-state index contributed by atoms with van der Waals surface area (Å²) in [5.41, 5.74) is 5.97. The van der Waals surface area contributed by atoms with E-state index in [4.69, 9.17) is 15.2 Å². The second-order valence-corrected chi connectivity index (χ2v) is 8.40. The lowest BCUT2D eigenvalue weighted by atomic mass is 10.0. The number of alkyl carbamates (subject to hydrolysis) is 1. The Bertz CT molecular complexity index is 903. The summed E-state index contributed by atoms with van der Waals surface area (Å²) in [5, 5.41) is 7.65. The lowest BCUT2D eigenvalue weighted by Gasteiger charge is -2.20. The number of nitrogens with two attached hydrogens (primary N) is 1. The maximum atomic E-state index is 12.7. The molecule has 5 N–H and O–H groups in total. The van der Waals surface area contributed by atoms with Gasteiger partial charge < -0.3 is 31.2 Å². The highest BCUT2D eigenvalue weighted by atomic mass is 16.5. The van der Waals surface area contributed by atoms with E-state index in [1.807, 2.05) is 44.2 Å². The van der Waals surface area contributed by atoms with Gasteiger partial charge in [0.2, 0.25) is 17.7 Å². The fourth-order valence-corrected chi connectivity index (χ4v) is 3.06. The lowest BCUT2D eigenvalue weighted by molar-refractivity contribution is -0.137. The minimum atomic E-state index is -0.907. The fourth-order valence-electron chi connectivity index (χ4n) is 3.06. The molecule has 11 nitrogen and oxygen atoms in total. The van der Waals surface area contributed by atoms with Crippen molar-refractivity contribution in [1.29, 1.82) is 0 Å². The van der Waals surface area contributed by atoms with Gasteiger partial charge in [0.05, 0.1) is 13.2 Å². The van der Waals surface area contributed by atoms with E-state index in [1.165, 1.54) is 6.08 Å². The molecule has 1 aromatic carbocycles. The van der Waals surface area contributed by atoms with Crippen molar-refractivity contribution in [1.82, 2.24) is 16.0 Å². The molecular formula is C25H36N4O7. The summed E-state index contributed by atoms with van der Waals surface area (Å²) < 4.78 is 9.99. The number of benzene rings is 1. The van der Waals surface area contributed by atoms with Crippen molar-refractivity contribution in [3.63, 3.8) is 0 Å². The van der Waals surface area contributed by atoms with Crippen LogP contribution in [0.5, 0.6) is 0 Å². The standard InChI is InChI=1S/C25H36N4O7/c1-4-35-23(32)13-11-19(10-12-21(26)30)28-22(31)15-27-24(33)20(14-17(2)3)29-25(34)36-16-18-8-6-5-7-9-18/h5-9,11,13,17,19-20H,4,10,12,14-16H2,1-3H3,(H2,26,30)(H,27,33)(H,28,31)(H,29,34)/b13-11+/t19-,20-/m0/s1. The SMILES string of the molecule is CCOC(=O)/C=C/[C@H](CCC(N)=O)NC(=O)CNC(=O)[C@H](CC(C)C)NC(=O)OCc1ccccc1. The van der Waals surface area contributed by atoms with Crippen molar-refractivity contribution >= 4 is 29.8 Å². The van der Waals surface area contributed by atoms with Gasteiger partial charge in [0, 0.05) is 18.5 Å². The third-order valence-electron chi connectivity index (χ3n) is 4.75. The molecule has 0 aliphatic carbocycles. The average Bonchev–Trinajstić information content (AvgIpc) is 2.83. The second-order valence-electron chi connectivity index (χ2n) is 8.40. The van der Waals surface area contributed by atoms with E-state index in [-0.39, 0.29) is 38.5 Å². The van der Waals surface area contributed by atoms with Crippen LogP contribution >= 0.6 is 0 Å². The molecule has 0 aromatic heterocycles. The van der Waals surface area contributed by atoms with E-state index in [2.05, 4.69) is 16.0 Å². The van der Waals surface area contributed by atoms with Crippen molar-refractivity contribution in [2.24, 2.45) is 11.7 Å². The Kier molecular flexibility index (Phi) is 14.0. The van der Waals surface area contributed by atoms with E-state index < -0.39 is 41.9 Å². The van der Waals surface area contributed by atoms with E-state index in [1.54, 1.807) is 6.92 Å². The van der Waals surface area contributed by atoms with Crippen LogP contribution in [0, 0.1) is 5.92 Å². The maximum Gasteiger partial charge on any atom is 0.408 e. The van der Waals surface area contributed by atoms with Gasteiger partial charge in [-0.2, -0.15) is 0 Å². The molecular weight excluding hydrogens is 468 g/mol. The summed E-state index contributed by atoms with van der Waals surface area (Å²) in [6.45, 7) is 5.31. The van der Waals surface area contributed by atoms with Crippen LogP contribution in [0.25, 0.3) is 0 Å². The van der Waals surface area contributed by atoms with Crippen LogP contribution in [0.2, 0.25) is 0 Å². The molecule has 11 heteroatoms. The molecule has 0 radical (unpaired) electrons. The van der Waals surface area contributed by atoms with Crippen LogP contribution in [-0.4, -0.2) is 55.0 Å². The topological polar surface area (TPSA) is 166 Å². The van der Waals surface area contributed by atoms with Crippen LogP contribution in [0.1, 0.15) is 45.6 Å². The summed E-state index contributed by atoms with van der Waals surface area (Å²) in [4.78, 5) is 60.0. The Balaban J connectivity index is 2.64. The summed E-state index contributed by atoms with van der Waals surface area (Å²) in [6, 6.07) is 7.52. The van der Waals surface area contributed by atoms with Gasteiger partial charge in [0.15, 0.2) is 0 Å². The van der Waals surface area contributed by atoms with Crippen LogP contribution in [0.4, 0.5) is 4.79 Å². The highest BCUT2D eigenvalue weighted by Gasteiger charge is 2.23. The Morgan fingerprint density at radius 3 is 2.33 bits per heavy atom. The van der Waals surface area contributed by atoms with E-state index in [9.17, 15) is 24.0 Å². The minimum Gasteiger partial charge on any atom is -0.463 e. The van der Waals surface area contributed by atoms with Crippen molar-refractivity contribution in [3.05, 3.63) is 48.0 Å². The van der Waals surface area contributed by atoms with Gasteiger partial charge >= 0.3 is 12.1 Å². The van der Waals surface area contributed by atoms with Gasteiger partial charge in [-0.05, 0) is 31.2 Å². The zero-order valence-corrected chi connectivity index (χ0v) is 21.0. The molecule has 0 saturated carbocycles. The number of hydrogen-bond acceptors (Lipinski definition) is 7. The van der Waals surface area contributed by atoms with Crippen LogP contribution in [0.15, 0.2) is 42.5 Å². The van der Waals surface area contributed by atoms with Gasteiger partial charge in [-0.1, -0.05) is 50.3 Å². The van der Waals surface area contributed by atoms with Gasteiger partial charge in [-0.25, -0.2) is 9.59 Å².